The maximum absolute atomic E-state index is 5.36. The van der Waals surface area contributed by atoms with Gasteiger partial charge in [-0.2, -0.15) is 0 Å². The zero-order chi connectivity index (χ0) is 13.2. The Hall–Kier alpha value is -1.06. The summed E-state index contributed by atoms with van der Waals surface area (Å²) in [5, 5.41) is 3.47. The molecule has 19 heavy (non-hydrogen) atoms. The van der Waals surface area contributed by atoms with Crippen molar-refractivity contribution >= 4 is 0 Å². The third-order valence-corrected chi connectivity index (χ3v) is 4.71. The number of hydrogen-bond acceptors (Lipinski definition) is 3. The van der Waals surface area contributed by atoms with Crippen LogP contribution in [0.2, 0.25) is 0 Å². The number of benzene rings is 1. The number of nitrogens with zero attached hydrogens (tertiary/aromatic N) is 1. The van der Waals surface area contributed by atoms with Crippen molar-refractivity contribution in [1.29, 1.82) is 0 Å². The Morgan fingerprint density at radius 1 is 1.26 bits per heavy atom. The van der Waals surface area contributed by atoms with Crippen molar-refractivity contribution in [2.75, 3.05) is 33.8 Å². The van der Waals surface area contributed by atoms with Gasteiger partial charge in [0.05, 0.1) is 7.11 Å². The summed E-state index contributed by atoms with van der Waals surface area (Å²) in [4.78, 5) is 2.55. The summed E-state index contributed by atoms with van der Waals surface area (Å²) in [6, 6.07) is 7.23. The first-order valence-corrected chi connectivity index (χ1v) is 7.37. The standard InChI is InChI=1S/C16H24N2O/c1-18-10-7-13-11-14(19-2)3-4-15(13)16(18)12-5-8-17-9-6-12/h3-4,11-12,16-17H,5-10H2,1-2H3. The van der Waals surface area contributed by atoms with E-state index in [1.54, 1.807) is 7.11 Å². The van der Waals surface area contributed by atoms with Crippen LogP contribution in [0.1, 0.15) is 30.0 Å². The smallest absolute Gasteiger partial charge is 0.119 e. The van der Waals surface area contributed by atoms with Gasteiger partial charge in [-0.15, -0.1) is 0 Å². The molecule has 0 aromatic heterocycles. The summed E-state index contributed by atoms with van der Waals surface area (Å²) in [6.45, 7) is 3.50. The fourth-order valence-electron chi connectivity index (χ4n) is 3.66. The number of likely N-dealkylation sites (N-methyl/N-ethyl adjacent to an activating group) is 1. The number of methoxy groups -OCH3 is 1. The minimum atomic E-state index is 0.594. The Balaban J connectivity index is 1.91. The fraction of sp³-hybridized carbons (Fsp3) is 0.625. The lowest BCUT2D eigenvalue weighted by molar-refractivity contribution is 0.139. The maximum Gasteiger partial charge on any atom is 0.119 e. The van der Waals surface area contributed by atoms with Crippen LogP contribution >= 0.6 is 0 Å². The third-order valence-electron chi connectivity index (χ3n) is 4.71. The van der Waals surface area contributed by atoms with Crippen molar-refractivity contribution < 1.29 is 4.74 Å². The molecule has 1 aromatic rings. The van der Waals surface area contributed by atoms with Gasteiger partial charge in [0, 0.05) is 12.6 Å². The number of nitrogens with one attached hydrogen (secondary N) is 1. The van der Waals surface area contributed by atoms with Gasteiger partial charge in [-0.3, -0.25) is 4.90 Å². The highest BCUT2D eigenvalue weighted by Crippen LogP contribution is 2.39. The molecule has 0 aliphatic carbocycles. The lowest BCUT2D eigenvalue weighted by atomic mass is 9.80. The molecule has 1 N–H and O–H groups in total. The first kappa shape index (κ1) is 12.9. The highest BCUT2D eigenvalue weighted by Gasteiger charge is 2.32. The molecule has 1 atom stereocenters. The predicted octanol–water partition coefficient (Wildman–Crippen LogP) is 2.22. The van der Waals surface area contributed by atoms with Gasteiger partial charge in [0.2, 0.25) is 0 Å². The van der Waals surface area contributed by atoms with E-state index in [0.29, 0.717) is 6.04 Å². The van der Waals surface area contributed by atoms with Gasteiger partial charge in [-0.05, 0) is 68.6 Å². The molecule has 2 aliphatic rings. The van der Waals surface area contributed by atoms with Crippen LogP contribution in [0.5, 0.6) is 5.75 Å². The molecule has 0 saturated carbocycles. The third kappa shape index (κ3) is 2.49. The Morgan fingerprint density at radius 2 is 2.05 bits per heavy atom. The van der Waals surface area contributed by atoms with Gasteiger partial charge in [-0.1, -0.05) is 6.07 Å². The van der Waals surface area contributed by atoms with E-state index in [0.717, 1.165) is 24.6 Å². The topological polar surface area (TPSA) is 24.5 Å². The zero-order valence-electron chi connectivity index (χ0n) is 12.0. The quantitative estimate of drug-likeness (QED) is 0.882. The van der Waals surface area contributed by atoms with Crippen LogP contribution in [0.4, 0.5) is 0 Å². The monoisotopic (exact) mass is 260 g/mol. The van der Waals surface area contributed by atoms with E-state index < -0.39 is 0 Å². The van der Waals surface area contributed by atoms with Gasteiger partial charge >= 0.3 is 0 Å². The molecule has 3 nitrogen and oxygen atoms in total. The summed E-state index contributed by atoms with van der Waals surface area (Å²) in [5.74, 6) is 1.78. The highest BCUT2D eigenvalue weighted by atomic mass is 16.5. The minimum absolute atomic E-state index is 0.594. The SMILES string of the molecule is COc1ccc2c(c1)CCN(C)C2C1CCNCC1. The van der Waals surface area contributed by atoms with E-state index in [1.165, 1.54) is 37.1 Å². The molecule has 2 heterocycles. The summed E-state index contributed by atoms with van der Waals surface area (Å²) in [7, 11) is 4.03. The van der Waals surface area contributed by atoms with E-state index in [4.69, 9.17) is 4.74 Å². The van der Waals surface area contributed by atoms with Crippen molar-refractivity contribution in [2.45, 2.75) is 25.3 Å². The summed E-state index contributed by atoms with van der Waals surface area (Å²) >= 11 is 0. The van der Waals surface area contributed by atoms with Gasteiger partial charge in [-0.25, -0.2) is 0 Å². The molecule has 1 unspecified atom stereocenters. The first-order chi connectivity index (χ1) is 9.29. The lowest BCUT2D eigenvalue weighted by Crippen LogP contribution is -2.40. The van der Waals surface area contributed by atoms with E-state index in [9.17, 15) is 0 Å². The van der Waals surface area contributed by atoms with Crippen LogP contribution < -0.4 is 10.1 Å². The molecule has 0 bridgehead atoms. The normalized spacial score (nSPS) is 25.1. The van der Waals surface area contributed by atoms with Crippen LogP contribution in [-0.4, -0.2) is 38.7 Å². The predicted molar refractivity (Wildman–Crippen MR) is 77.7 cm³/mol. The summed E-state index contributed by atoms with van der Waals surface area (Å²) in [6.07, 6.45) is 3.73. The summed E-state index contributed by atoms with van der Waals surface area (Å²) < 4.78 is 5.36. The van der Waals surface area contributed by atoms with Crippen molar-refractivity contribution in [2.24, 2.45) is 5.92 Å². The number of piperidine rings is 1. The second-order valence-corrected chi connectivity index (χ2v) is 5.83. The Kier molecular flexibility index (Phi) is 3.76. The molecule has 3 heteroatoms. The average molecular weight is 260 g/mol. The molecular formula is C16H24N2O. The molecule has 1 fully saturated rings. The maximum atomic E-state index is 5.36. The van der Waals surface area contributed by atoms with E-state index in [-0.39, 0.29) is 0 Å². The molecule has 0 spiro atoms. The second-order valence-electron chi connectivity index (χ2n) is 5.83. The average Bonchev–Trinajstić information content (AvgIpc) is 2.47. The van der Waals surface area contributed by atoms with E-state index in [2.05, 4.69) is 35.5 Å². The highest BCUT2D eigenvalue weighted by molar-refractivity contribution is 5.39. The van der Waals surface area contributed by atoms with Gasteiger partial charge in [0.15, 0.2) is 0 Å². The van der Waals surface area contributed by atoms with Crippen LogP contribution in [0.15, 0.2) is 18.2 Å². The first-order valence-electron chi connectivity index (χ1n) is 7.37. The van der Waals surface area contributed by atoms with E-state index in [1.807, 2.05) is 0 Å². The van der Waals surface area contributed by atoms with Crippen LogP contribution in [0, 0.1) is 5.92 Å². The van der Waals surface area contributed by atoms with Crippen molar-refractivity contribution in [3.8, 4) is 5.75 Å². The largest absolute Gasteiger partial charge is 0.497 e. The Bertz CT molecular complexity index is 440. The Morgan fingerprint density at radius 3 is 2.79 bits per heavy atom. The second kappa shape index (κ2) is 5.51. The molecule has 0 radical (unpaired) electrons. The number of hydrogen-bond donors (Lipinski definition) is 1. The molecule has 0 amide bonds. The molecule has 3 rings (SSSR count). The van der Waals surface area contributed by atoms with E-state index >= 15 is 0 Å². The number of fused-ring (bicyclic) bond motifs is 1. The molecular weight excluding hydrogens is 236 g/mol. The molecule has 1 saturated heterocycles. The molecule has 1 aromatic carbocycles. The van der Waals surface area contributed by atoms with Crippen LogP contribution in [0.25, 0.3) is 0 Å². The van der Waals surface area contributed by atoms with Crippen LogP contribution in [0.3, 0.4) is 0 Å². The van der Waals surface area contributed by atoms with Crippen molar-refractivity contribution in [3.63, 3.8) is 0 Å². The number of ether oxygens (including phenoxy) is 1. The van der Waals surface area contributed by atoms with Gasteiger partial charge in [0.25, 0.3) is 0 Å². The van der Waals surface area contributed by atoms with Crippen molar-refractivity contribution in [1.82, 2.24) is 10.2 Å². The zero-order valence-corrected chi connectivity index (χ0v) is 12.0. The van der Waals surface area contributed by atoms with Crippen molar-refractivity contribution in [3.05, 3.63) is 29.3 Å². The number of rotatable bonds is 2. The fourth-order valence-corrected chi connectivity index (χ4v) is 3.66. The molecule has 104 valence electrons. The van der Waals surface area contributed by atoms with Gasteiger partial charge in [0.1, 0.15) is 5.75 Å². The van der Waals surface area contributed by atoms with Crippen LogP contribution in [-0.2, 0) is 6.42 Å². The Labute approximate surface area is 115 Å². The lowest BCUT2D eigenvalue weighted by Gasteiger charge is -2.41. The molecule has 2 aliphatic heterocycles. The minimum Gasteiger partial charge on any atom is -0.497 e. The summed E-state index contributed by atoms with van der Waals surface area (Å²) in [5.41, 5.74) is 3.02. The van der Waals surface area contributed by atoms with Gasteiger partial charge < -0.3 is 10.1 Å².